The van der Waals surface area contributed by atoms with E-state index in [1.54, 1.807) is 24.3 Å². The highest BCUT2D eigenvalue weighted by Crippen LogP contribution is 2.09. The highest BCUT2D eigenvalue weighted by molar-refractivity contribution is 6.30. The second kappa shape index (κ2) is 8.37. The monoisotopic (exact) mass is 309 g/mol. The first-order chi connectivity index (χ1) is 10.2. The third kappa shape index (κ3) is 5.30. The van der Waals surface area contributed by atoms with E-state index in [1.807, 2.05) is 0 Å². The SMILES string of the molecule is CCN1CCN(CCCNC(=O)c2ccc(Cl)cc2)CC1. The number of hydrogen-bond acceptors (Lipinski definition) is 3. The molecule has 1 aromatic carbocycles. The number of nitrogens with one attached hydrogen (secondary N) is 1. The van der Waals surface area contributed by atoms with Gasteiger partial charge in [0.2, 0.25) is 0 Å². The van der Waals surface area contributed by atoms with Crippen LogP contribution in [0.25, 0.3) is 0 Å². The smallest absolute Gasteiger partial charge is 0.251 e. The summed E-state index contributed by atoms with van der Waals surface area (Å²) < 4.78 is 0. The van der Waals surface area contributed by atoms with Gasteiger partial charge >= 0.3 is 0 Å². The molecule has 5 heteroatoms. The van der Waals surface area contributed by atoms with E-state index < -0.39 is 0 Å². The molecule has 1 aliphatic rings. The first-order valence-corrected chi connectivity index (χ1v) is 8.05. The maximum Gasteiger partial charge on any atom is 0.251 e. The fourth-order valence-corrected chi connectivity index (χ4v) is 2.66. The third-order valence-electron chi connectivity index (χ3n) is 3.96. The largest absolute Gasteiger partial charge is 0.352 e. The van der Waals surface area contributed by atoms with E-state index in [1.165, 1.54) is 0 Å². The molecule has 1 saturated heterocycles. The number of benzene rings is 1. The van der Waals surface area contributed by atoms with Crippen molar-refractivity contribution >= 4 is 17.5 Å². The molecule has 116 valence electrons. The highest BCUT2D eigenvalue weighted by atomic mass is 35.5. The van der Waals surface area contributed by atoms with Gasteiger partial charge in [-0.05, 0) is 43.8 Å². The van der Waals surface area contributed by atoms with Crippen LogP contribution in [0, 0.1) is 0 Å². The van der Waals surface area contributed by atoms with E-state index in [0.717, 1.165) is 52.2 Å². The van der Waals surface area contributed by atoms with E-state index in [2.05, 4.69) is 22.0 Å². The van der Waals surface area contributed by atoms with Crippen LogP contribution in [0.1, 0.15) is 23.7 Å². The predicted octanol–water partition coefficient (Wildman–Crippen LogP) is 2.10. The zero-order valence-corrected chi connectivity index (χ0v) is 13.4. The Morgan fingerprint density at radius 2 is 1.76 bits per heavy atom. The highest BCUT2D eigenvalue weighted by Gasteiger charge is 2.14. The van der Waals surface area contributed by atoms with Gasteiger partial charge in [0.15, 0.2) is 0 Å². The van der Waals surface area contributed by atoms with Gasteiger partial charge in [-0.15, -0.1) is 0 Å². The maximum absolute atomic E-state index is 11.9. The van der Waals surface area contributed by atoms with E-state index in [4.69, 9.17) is 11.6 Å². The number of amides is 1. The number of likely N-dealkylation sites (N-methyl/N-ethyl adjacent to an activating group) is 1. The van der Waals surface area contributed by atoms with Gasteiger partial charge in [0.25, 0.3) is 5.91 Å². The van der Waals surface area contributed by atoms with Gasteiger partial charge < -0.3 is 15.1 Å². The van der Waals surface area contributed by atoms with Crippen LogP contribution in [0.4, 0.5) is 0 Å². The number of rotatable bonds is 6. The van der Waals surface area contributed by atoms with Crippen LogP contribution in [-0.2, 0) is 0 Å². The zero-order chi connectivity index (χ0) is 15.1. The Balaban J connectivity index is 1.61. The van der Waals surface area contributed by atoms with Crippen molar-refractivity contribution < 1.29 is 4.79 Å². The van der Waals surface area contributed by atoms with E-state index in [-0.39, 0.29) is 5.91 Å². The summed E-state index contributed by atoms with van der Waals surface area (Å²) in [6, 6.07) is 6.98. The Bertz CT molecular complexity index is 441. The summed E-state index contributed by atoms with van der Waals surface area (Å²) in [7, 11) is 0. The fourth-order valence-electron chi connectivity index (χ4n) is 2.54. The third-order valence-corrected chi connectivity index (χ3v) is 4.21. The summed E-state index contributed by atoms with van der Waals surface area (Å²) in [6.45, 7) is 9.72. The van der Waals surface area contributed by atoms with Crippen molar-refractivity contribution in [3.63, 3.8) is 0 Å². The number of nitrogens with zero attached hydrogens (tertiary/aromatic N) is 2. The van der Waals surface area contributed by atoms with Crippen molar-refractivity contribution in [2.24, 2.45) is 0 Å². The zero-order valence-electron chi connectivity index (χ0n) is 12.6. The van der Waals surface area contributed by atoms with Crippen molar-refractivity contribution in [3.8, 4) is 0 Å². The normalized spacial score (nSPS) is 16.9. The second-order valence-electron chi connectivity index (χ2n) is 5.39. The van der Waals surface area contributed by atoms with Gasteiger partial charge in [-0.25, -0.2) is 0 Å². The van der Waals surface area contributed by atoms with Crippen molar-refractivity contribution in [3.05, 3.63) is 34.9 Å². The Morgan fingerprint density at radius 3 is 2.38 bits per heavy atom. The van der Waals surface area contributed by atoms with Crippen LogP contribution >= 0.6 is 11.6 Å². The number of hydrogen-bond donors (Lipinski definition) is 1. The van der Waals surface area contributed by atoms with Gasteiger partial charge in [0.1, 0.15) is 0 Å². The lowest BCUT2D eigenvalue weighted by molar-refractivity contribution is 0.0948. The van der Waals surface area contributed by atoms with Crippen LogP contribution in [0.3, 0.4) is 0 Å². The summed E-state index contributed by atoms with van der Waals surface area (Å²) in [5.74, 6) is -0.0255. The molecule has 4 nitrogen and oxygen atoms in total. The van der Waals surface area contributed by atoms with Crippen LogP contribution in [0.2, 0.25) is 5.02 Å². The van der Waals surface area contributed by atoms with Crippen molar-refractivity contribution in [1.29, 1.82) is 0 Å². The summed E-state index contributed by atoms with van der Waals surface area (Å²) in [5.41, 5.74) is 0.663. The van der Waals surface area contributed by atoms with Gasteiger partial charge in [-0.2, -0.15) is 0 Å². The minimum atomic E-state index is -0.0255. The quantitative estimate of drug-likeness (QED) is 0.818. The Kier molecular flexibility index (Phi) is 6.49. The summed E-state index contributed by atoms with van der Waals surface area (Å²) in [5, 5.41) is 3.61. The summed E-state index contributed by atoms with van der Waals surface area (Å²) >= 11 is 5.81. The fraction of sp³-hybridized carbons (Fsp3) is 0.562. The maximum atomic E-state index is 11.9. The topological polar surface area (TPSA) is 35.6 Å². The van der Waals surface area contributed by atoms with Crippen LogP contribution in [0.15, 0.2) is 24.3 Å². The van der Waals surface area contributed by atoms with E-state index in [9.17, 15) is 4.79 Å². The van der Waals surface area contributed by atoms with Crippen LogP contribution in [0.5, 0.6) is 0 Å². The molecule has 2 rings (SSSR count). The lowest BCUT2D eigenvalue weighted by Gasteiger charge is -2.33. The predicted molar refractivity (Wildman–Crippen MR) is 87.0 cm³/mol. The molecule has 0 radical (unpaired) electrons. The number of carbonyl (C=O) groups excluding carboxylic acids is 1. The molecular formula is C16H24ClN3O. The van der Waals surface area contributed by atoms with Gasteiger partial charge in [0.05, 0.1) is 0 Å². The minimum Gasteiger partial charge on any atom is -0.352 e. The molecule has 0 aromatic heterocycles. The average molecular weight is 310 g/mol. The Labute approximate surface area is 132 Å². The number of piperazine rings is 1. The molecule has 0 aliphatic carbocycles. The van der Waals surface area contributed by atoms with Crippen molar-refractivity contribution in [2.75, 3.05) is 45.8 Å². The molecule has 0 atom stereocenters. The lowest BCUT2D eigenvalue weighted by atomic mass is 10.2. The molecule has 1 fully saturated rings. The van der Waals surface area contributed by atoms with Crippen molar-refractivity contribution in [1.82, 2.24) is 15.1 Å². The molecule has 1 aliphatic heterocycles. The molecule has 0 unspecified atom stereocenters. The van der Waals surface area contributed by atoms with E-state index >= 15 is 0 Å². The van der Waals surface area contributed by atoms with Gasteiger partial charge in [-0.3, -0.25) is 4.79 Å². The van der Waals surface area contributed by atoms with Gasteiger partial charge in [0, 0.05) is 43.3 Å². The Hall–Kier alpha value is -1.10. The average Bonchev–Trinajstić information content (AvgIpc) is 2.52. The first kappa shape index (κ1) is 16.3. The molecule has 0 spiro atoms. The van der Waals surface area contributed by atoms with Gasteiger partial charge in [-0.1, -0.05) is 18.5 Å². The molecule has 1 amide bonds. The molecule has 1 aromatic rings. The summed E-state index contributed by atoms with van der Waals surface area (Å²) in [6.07, 6.45) is 0.992. The molecule has 1 N–H and O–H groups in total. The number of carbonyl (C=O) groups is 1. The molecule has 21 heavy (non-hydrogen) atoms. The molecule has 1 heterocycles. The van der Waals surface area contributed by atoms with Crippen LogP contribution in [-0.4, -0.2) is 61.5 Å². The van der Waals surface area contributed by atoms with E-state index in [0.29, 0.717) is 10.6 Å². The lowest BCUT2D eigenvalue weighted by Crippen LogP contribution is -2.46. The van der Waals surface area contributed by atoms with Crippen molar-refractivity contribution in [2.45, 2.75) is 13.3 Å². The summed E-state index contributed by atoms with van der Waals surface area (Å²) in [4.78, 5) is 16.9. The van der Waals surface area contributed by atoms with Crippen LogP contribution < -0.4 is 5.32 Å². The standard InChI is InChI=1S/C16H24ClN3O/c1-2-19-10-12-20(13-11-19)9-3-8-18-16(21)14-4-6-15(17)7-5-14/h4-7H,2-3,8-13H2,1H3,(H,18,21). The molecule has 0 saturated carbocycles. The Morgan fingerprint density at radius 1 is 1.14 bits per heavy atom. The second-order valence-corrected chi connectivity index (χ2v) is 5.83. The minimum absolute atomic E-state index is 0.0255. The number of halogens is 1. The molecular weight excluding hydrogens is 286 g/mol. The molecule has 0 bridgehead atoms. The first-order valence-electron chi connectivity index (χ1n) is 7.67.